The lowest BCUT2D eigenvalue weighted by Crippen LogP contribution is -2.18. The Labute approximate surface area is 205 Å². The molecule has 7 N–H and O–H groups in total. The predicted octanol–water partition coefficient (Wildman–Crippen LogP) is -1.56. The Morgan fingerprint density at radius 3 is 1.56 bits per heavy atom. The van der Waals surface area contributed by atoms with Gasteiger partial charge in [0.25, 0.3) is 10.1 Å². The third-order valence-corrected chi connectivity index (χ3v) is 9.54. The van der Waals surface area contributed by atoms with Crippen LogP contribution in [-0.4, -0.2) is 80.5 Å². The predicted molar refractivity (Wildman–Crippen MR) is 122 cm³/mol. The molecule has 0 aliphatic rings. The first kappa shape index (κ1) is 30.1. The van der Waals surface area contributed by atoms with Crippen molar-refractivity contribution in [3.05, 3.63) is 18.2 Å². The highest BCUT2D eigenvalue weighted by Gasteiger charge is 2.28. The van der Waals surface area contributed by atoms with E-state index in [-0.39, 0.29) is 0 Å². The van der Waals surface area contributed by atoms with Gasteiger partial charge in [-0.3, -0.25) is 13.7 Å². The quantitative estimate of drug-likeness (QED) is 0.141. The first-order valence-corrected chi connectivity index (χ1v) is 16.3. The molecular weight excluding hydrogens is 596 g/mol. The first-order chi connectivity index (χ1) is 16.1. The maximum absolute atomic E-state index is 12.9. The maximum atomic E-state index is 12.9. The second-order valence-corrected chi connectivity index (χ2v) is 14.6. The van der Waals surface area contributed by atoms with Crippen LogP contribution in [0.5, 0.6) is 0 Å². The minimum absolute atomic E-state index is 0.472. The van der Waals surface area contributed by atoms with Gasteiger partial charge in [0, 0.05) is 5.39 Å². The van der Waals surface area contributed by atoms with Crippen molar-refractivity contribution in [1.29, 1.82) is 0 Å². The molecule has 0 aliphatic heterocycles. The number of rotatable bonds is 11. The van der Waals surface area contributed by atoms with Gasteiger partial charge in [-0.15, -0.1) is 0 Å². The number of fused-ring (bicyclic) bond motifs is 1. The second-order valence-electron chi connectivity index (χ2n) is 6.83. The molecule has 0 unspecified atom stereocenters. The van der Waals surface area contributed by atoms with Crippen molar-refractivity contribution in [3.63, 3.8) is 0 Å². The standard InChI is InChI=1S/C14H18N2O15S5/c15-13-11(34(21,22)23)6-8-5-9(32(17,18)3-1-30-35(24,25)26)7-10(12(8)14(13)16)33(19,20)4-2-31-36(27,28)29/h5-7H,1-4,15-16H2,(H,21,22,23)(H,24,25,26)(H,27,28,29). The van der Waals surface area contributed by atoms with E-state index in [9.17, 15) is 46.6 Å². The monoisotopic (exact) mass is 614 g/mol. The van der Waals surface area contributed by atoms with Crippen LogP contribution in [0, 0.1) is 0 Å². The number of sulfone groups is 2. The van der Waals surface area contributed by atoms with E-state index in [1.54, 1.807) is 0 Å². The zero-order valence-corrected chi connectivity index (χ0v) is 21.6. The van der Waals surface area contributed by atoms with E-state index >= 15 is 0 Å². The van der Waals surface area contributed by atoms with Crippen LogP contribution in [0.15, 0.2) is 32.9 Å². The Morgan fingerprint density at radius 1 is 0.639 bits per heavy atom. The minimum Gasteiger partial charge on any atom is -0.396 e. The van der Waals surface area contributed by atoms with Gasteiger partial charge < -0.3 is 11.5 Å². The fraction of sp³-hybridized carbons (Fsp3) is 0.286. The summed E-state index contributed by atoms with van der Waals surface area (Å²) in [5, 5.41) is -0.972. The van der Waals surface area contributed by atoms with Gasteiger partial charge in [0.2, 0.25) is 0 Å². The Kier molecular flexibility index (Phi) is 8.32. The van der Waals surface area contributed by atoms with Crippen LogP contribution >= 0.6 is 0 Å². The molecular formula is C14H18N2O15S5. The molecule has 0 amide bonds. The molecule has 204 valence electrons. The summed E-state index contributed by atoms with van der Waals surface area (Å²) < 4.78 is 152. The van der Waals surface area contributed by atoms with Crippen molar-refractivity contribution in [2.24, 2.45) is 0 Å². The Balaban J connectivity index is 2.83. The topological polar surface area (TPSA) is 302 Å². The lowest BCUT2D eigenvalue weighted by Gasteiger charge is -2.16. The van der Waals surface area contributed by atoms with Crippen molar-refractivity contribution in [1.82, 2.24) is 0 Å². The SMILES string of the molecule is Nc1c(S(=O)(=O)O)cc2cc(S(=O)(=O)CCOS(=O)(=O)O)cc(S(=O)(=O)CCOS(=O)(=O)O)c2c1N. The number of hydrogen-bond acceptors (Lipinski definition) is 14. The van der Waals surface area contributed by atoms with Crippen LogP contribution < -0.4 is 11.5 Å². The largest absolute Gasteiger partial charge is 0.397 e. The molecule has 0 radical (unpaired) electrons. The molecule has 2 aromatic rings. The molecule has 0 saturated carbocycles. The van der Waals surface area contributed by atoms with E-state index in [0.29, 0.717) is 12.1 Å². The normalized spacial score (nSPS) is 13.8. The average Bonchev–Trinajstić information content (AvgIpc) is 2.66. The van der Waals surface area contributed by atoms with E-state index in [1.807, 2.05) is 0 Å². The summed E-state index contributed by atoms with van der Waals surface area (Å²) in [6, 6.07) is 1.92. The van der Waals surface area contributed by atoms with E-state index < -0.39 is 112 Å². The van der Waals surface area contributed by atoms with Crippen molar-refractivity contribution in [2.75, 3.05) is 36.2 Å². The number of nitrogens with two attached hydrogens (primary N) is 2. The summed E-state index contributed by atoms with van der Waals surface area (Å²) in [7, 11) is -24.4. The molecule has 0 fully saturated rings. The molecule has 36 heavy (non-hydrogen) atoms. The zero-order chi connectivity index (χ0) is 27.9. The second kappa shape index (κ2) is 9.96. The fourth-order valence-electron chi connectivity index (χ4n) is 2.86. The fourth-order valence-corrected chi connectivity index (χ4v) is 6.91. The van der Waals surface area contributed by atoms with Gasteiger partial charge in [-0.25, -0.2) is 25.2 Å². The third kappa shape index (κ3) is 7.44. The first-order valence-electron chi connectivity index (χ1n) is 8.87. The van der Waals surface area contributed by atoms with Crippen LogP contribution in [0.1, 0.15) is 0 Å². The Bertz CT molecular complexity index is 1740. The summed E-state index contributed by atoms with van der Waals surface area (Å²) in [5.41, 5.74) is 9.94. The van der Waals surface area contributed by atoms with Gasteiger partial charge in [-0.2, -0.15) is 25.3 Å². The molecule has 17 nitrogen and oxygen atoms in total. The number of hydrogen-bond donors (Lipinski definition) is 5. The van der Waals surface area contributed by atoms with Crippen LogP contribution in [0.4, 0.5) is 11.4 Å². The van der Waals surface area contributed by atoms with Crippen molar-refractivity contribution in [2.45, 2.75) is 14.7 Å². The van der Waals surface area contributed by atoms with E-state index in [0.717, 1.165) is 6.07 Å². The molecule has 0 spiro atoms. The summed E-state index contributed by atoms with van der Waals surface area (Å²) in [6.45, 7) is -2.22. The number of anilines is 2. The zero-order valence-electron chi connectivity index (χ0n) is 17.5. The van der Waals surface area contributed by atoms with Crippen molar-refractivity contribution >= 4 is 72.7 Å². The summed E-state index contributed by atoms with van der Waals surface area (Å²) in [6.07, 6.45) is 0. The molecule has 0 saturated heterocycles. The molecule has 22 heteroatoms. The van der Waals surface area contributed by atoms with Gasteiger partial charge in [0.15, 0.2) is 19.7 Å². The number of nitrogen functional groups attached to an aromatic ring is 2. The molecule has 2 rings (SSSR count). The van der Waals surface area contributed by atoms with Crippen LogP contribution in [0.3, 0.4) is 0 Å². The van der Waals surface area contributed by atoms with Crippen LogP contribution in [-0.2, 0) is 59.0 Å². The van der Waals surface area contributed by atoms with E-state index in [2.05, 4.69) is 8.37 Å². The molecule has 0 aliphatic carbocycles. The molecule has 0 aromatic heterocycles. The smallest absolute Gasteiger partial charge is 0.396 e. The minimum atomic E-state index is -5.04. The third-order valence-electron chi connectivity index (χ3n) is 4.36. The van der Waals surface area contributed by atoms with Gasteiger partial charge in [-0.05, 0) is 23.6 Å². The maximum Gasteiger partial charge on any atom is 0.397 e. The van der Waals surface area contributed by atoms with Gasteiger partial charge in [0.05, 0.1) is 45.9 Å². The molecule has 2 aromatic carbocycles. The molecule has 0 atom stereocenters. The number of benzene rings is 2. The van der Waals surface area contributed by atoms with Crippen LogP contribution in [0.2, 0.25) is 0 Å². The lowest BCUT2D eigenvalue weighted by molar-refractivity contribution is 0.282. The van der Waals surface area contributed by atoms with Crippen molar-refractivity contribution in [3.8, 4) is 0 Å². The summed E-state index contributed by atoms with van der Waals surface area (Å²) >= 11 is 0. The summed E-state index contributed by atoms with van der Waals surface area (Å²) in [4.78, 5) is -2.71. The Morgan fingerprint density at radius 2 is 1.11 bits per heavy atom. The molecule has 0 bridgehead atoms. The highest BCUT2D eigenvalue weighted by molar-refractivity contribution is 7.92. The molecule has 0 heterocycles. The van der Waals surface area contributed by atoms with Gasteiger partial charge >= 0.3 is 20.8 Å². The highest BCUT2D eigenvalue weighted by atomic mass is 32.3. The summed E-state index contributed by atoms with van der Waals surface area (Å²) in [5.74, 6) is -2.27. The van der Waals surface area contributed by atoms with Gasteiger partial charge in [0.1, 0.15) is 4.90 Å². The highest BCUT2D eigenvalue weighted by Crippen LogP contribution is 2.39. The van der Waals surface area contributed by atoms with Crippen LogP contribution in [0.25, 0.3) is 10.8 Å². The van der Waals surface area contributed by atoms with E-state index in [1.165, 1.54) is 0 Å². The van der Waals surface area contributed by atoms with Crippen molar-refractivity contribution < 1.29 is 64.1 Å². The Hall–Kier alpha value is -2.15. The van der Waals surface area contributed by atoms with Gasteiger partial charge in [-0.1, -0.05) is 0 Å². The lowest BCUT2D eigenvalue weighted by atomic mass is 10.1. The van der Waals surface area contributed by atoms with E-state index in [4.69, 9.17) is 20.6 Å². The average molecular weight is 615 g/mol.